The molecule has 18 heavy (non-hydrogen) atoms. The third kappa shape index (κ3) is 6.59. The van der Waals surface area contributed by atoms with E-state index in [9.17, 15) is 9.59 Å². The van der Waals surface area contributed by atoms with E-state index in [-0.39, 0.29) is 0 Å². The molecule has 5 nitrogen and oxygen atoms in total. The van der Waals surface area contributed by atoms with Gasteiger partial charge in [0.25, 0.3) is 0 Å². The highest BCUT2D eigenvalue weighted by Crippen LogP contribution is 2.23. The molecule has 0 radical (unpaired) electrons. The Labute approximate surface area is 108 Å². The topological polar surface area (TPSA) is 86.6 Å². The molecule has 0 aromatic rings. The van der Waals surface area contributed by atoms with Crippen LogP contribution >= 0.6 is 0 Å². The monoisotopic (exact) mass is 257 g/mol. The molecule has 0 amide bonds. The first kappa shape index (κ1) is 15.0. The molecule has 0 aliphatic heterocycles. The quantitative estimate of drug-likeness (QED) is 0.671. The number of carboxylic acids is 2. The van der Waals surface area contributed by atoms with Crippen LogP contribution in [0.2, 0.25) is 0 Å². The van der Waals surface area contributed by atoms with E-state index in [2.05, 4.69) is 5.32 Å². The zero-order valence-electron chi connectivity index (χ0n) is 10.7. The van der Waals surface area contributed by atoms with Gasteiger partial charge in [0.05, 0.1) is 0 Å². The molecule has 5 heteroatoms. The molecule has 0 aromatic carbocycles. The molecule has 0 atom stereocenters. The number of hydrogen-bond donors (Lipinski definition) is 3. The fourth-order valence-corrected chi connectivity index (χ4v) is 2.65. The standard InChI is InChI=1S/C10H19N.C3H4O4/c1-2-6-9(5-1)11-10-7-3-4-8-10;4-2(5)1-3(6)7/h9-11H,1-8H2;1H2,(H,4,5)(H,6,7). The molecular formula is C13H23NO4. The zero-order valence-corrected chi connectivity index (χ0v) is 10.7. The van der Waals surface area contributed by atoms with Gasteiger partial charge < -0.3 is 15.5 Å². The number of aliphatic carboxylic acids is 2. The Hall–Kier alpha value is -1.10. The number of hydrogen-bond acceptors (Lipinski definition) is 3. The molecular weight excluding hydrogens is 234 g/mol. The van der Waals surface area contributed by atoms with Crippen molar-refractivity contribution < 1.29 is 19.8 Å². The molecule has 0 spiro atoms. The first-order valence-electron chi connectivity index (χ1n) is 6.77. The molecule has 2 aliphatic carbocycles. The number of rotatable bonds is 4. The highest BCUT2D eigenvalue weighted by Gasteiger charge is 2.21. The maximum absolute atomic E-state index is 9.43. The van der Waals surface area contributed by atoms with Gasteiger partial charge in [-0.15, -0.1) is 0 Å². The van der Waals surface area contributed by atoms with Crippen LogP contribution in [-0.2, 0) is 9.59 Å². The van der Waals surface area contributed by atoms with Gasteiger partial charge in [-0.3, -0.25) is 9.59 Å². The Balaban J connectivity index is 0.000000203. The van der Waals surface area contributed by atoms with Crippen LogP contribution in [0.25, 0.3) is 0 Å². The maximum Gasteiger partial charge on any atom is 0.314 e. The summed E-state index contributed by atoms with van der Waals surface area (Å²) in [6.45, 7) is 0. The molecule has 2 fully saturated rings. The lowest BCUT2D eigenvalue weighted by Gasteiger charge is -2.17. The Morgan fingerprint density at radius 1 is 0.833 bits per heavy atom. The third-order valence-corrected chi connectivity index (χ3v) is 3.48. The number of carbonyl (C=O) groups is 2. The average Bonchev–Trinajstić information content (AvgIpc) is 2.90. The minimum absolute atomic E-state index is 0.806. The molecule has 0 heterocycles. The van der Waals surface area contributed by atoms with E-state index in [0.717, 1.165) is 12.1 Å². The molecule has 0 bridgehead atoms. The second-order valence-electron chi connectivity index (χ2n) is 5.09. The van der Waals surface area contributed by atoms with Crippen LogP contribution in [0.5, 0.6) is 0 Å². The fourth-order valence-electron chi connectivity index (χ4n) is 2.65. The van der Waals surface area contributed by atoms with Crippen LogP contribution in [0, 0.1) is 0 Å². The molecule has 0 saturated heterocycles. The van der Waals surface area contributed by atoms with Gasteiger partial charge in [0.15, 0.2) is 0 Å². The summed E-state index contributed by atoms with van der Waals surface area (Å²) in [5.74, 6) is -2.62. The summed E-state index contributed by atoms with van der Waals surface area (Å²) in [7, 11) is 0. The summed E-state index contributed by atoms with van der Waals surface area (Å²) >= 11 is 0. The van der Waals surface area contributed by atoms with Gasteiger partial charge in [-0.05, 0) is 25.7 Å². The first-order valence-corrected chi connectivity index (χ1v) is 6.77. The van der Waals surface area contributed by atoms with E-state index in [0.29, 0.717) is 0 Å². The SMILES string of the molecule is C1CCC(NC2CCCC2)C1.O=C(O)CC(=O)O. The smallest absolute Gasteiger partial charge is 0.314 e. The van der Waals surface area contributed by atoms with Gasteiger partial charge in [-0.1, -0.05) is 25.7 Å². The molecule has 2 aliphatic rings. The van der Waals surface area contributed by atoms with Crippen LogP contribution in [0.15, 0.2) is 0 Å². The summed E-state index contributed by atoms with van der Waals surface area (Å²) < 4.78 is 0. The van der Waals surface area contributed by atoms with Crippen molar-refractivity contribution in [2.45, 2.75) is 69.9 Å². The summed E-state index contributed by atoms with van der Waals surface area (Å²) in [4.78, 5) is 18.9. The molecule has 104 valence electrons. The Kier molecular flexibility index (Phi) is 6.72. The number of carboxylic acid groups (broad SMARTS) is 2. The van der Waals surface area contributed by atoms with Crippen LogP contribution < -0.4 is 5.32 Å². The van der Waals surface area contributed by atoms with Crippen LogP contribution in [0.1, 0.15) is 57.8 Å². The molecule has 2 saturated carbocycles. The van der Waals surface area contributed by atoms with E-state index >= 15 is 0 Å². The highest BCUT2D eigenvalue weighted by molar-refractivity contribution is 5.88. The van der Waals surface area contributed by atoms with Crippen molar-refractivity contribution in [2.75, 3.05) is 0 Å². The van der Waals surface area contributed by atoms with Crippen molar-refractivity contribution in [1.29, 1.82) is 0 Å². The average molecular weight is 257 g/mol. The van der Waals surface area contributed by atoms with Gasteiger partial charge in [-0.2, -0.15) is 0 Å². The van der Waals surface area contributed by atoms with Crippen molar-refractivity contribution in [1.82, 2.24) is 5.32 Å². The van der Waals surface area contributed by atoms with Gasteiger partial charge >= 0.3 is 11.9 Å². The summed E-state index contributed by atoms with van der Waals surface area (Å²) in [5.41, 5.74) is 0. The number of nitrogens with one attached hydrogen (secondary N) is 1. The molecule has 2 rings (SSSR count). The van der Waals surface area contributed by atoms with E-state index in [1.165, 1.54) is 51.4 Å². The van der Waals surface area contributed by atoms with Crippen LogP contribution in [0.4, 0.5) is 0 Å². The van der Waals surface area contributed by atoms with E-state index in [1.807, 2.05) is 0 Å². The second kappa shape index (κ2) is 8.08. The second-order valence-corrected chi connectivity index (χ2v) is 5.09. The Bertz CT molecular complexity index is 242. The predicted octanol–water partition coefficient (Wildman–Crippen LogP) is 2.01. The largest absolute Gasteiger partial charge is 0.481 e. The maximum atomic E-state index is 9.43. The van der Waals surface area contributed by atoms with E-state index < -0.39 is 18.4 Å². The zero-order chi connectivity index (χ0) is 13.4. The van der Waals surface area contributed by atoms with Gasteiger partial charge in [0, 0.05) is 12.1 Å². The van der Waals surface area contributed by atoms with Gasteiger partial charge in [-0.25, -0.2) is 0 Å². The minimum Gasteiger partial charge on any atom is -0.481 e. The van der Waals surface area contributed by atoms with Crippen molar-refractivity contribution in [3.05, 3.63) is 0 Å². The Morgan fingerprint density at radius 2 is 1.17 bits per heavy atom. The third-order valence-electron chi connectivity index (χ3n) is 3.48. The van der Waals surface area contributed by atoms with Gasteiger partial charge in [0.2, 0.25) is 0 Å². The minimum atomic E-state index is -1.31. The van der Waals surface area contributed by atoms with Gasteiger partial charge in [0.1, 0.15) is 6.42 Å². The van der Waals surface area contributed by atoms with E-state index in [4.69, 9.17) is 10.2 Å². The Morgan fingerprint density at radius 3 is 1.39 bits per heavy atom. The summed E-state index contributed by atoms with van der Waals surface area (Å²) in [5, 5.41) is 19.2. The van der Waals surface area contributed by atoms with Crippen LogP contribution in [0.3, 0.4) is 0 Å². The highest BCUT2D eigenvalue weighted by atomic mass is 16.4. The lowest BCUT2D eigenvalue weighted by atomic mass is 10.2. The molecule has 0 unspecified atom stereocenters. The lowest BCUT2D eigenvalue weighted by Crippen LogP contribution is -2.34. The first-order chi connectivity index (χ1) is 8.58. The molecule has 0 aromatic heterocycles. The molecule has 3 N–H and O–H groups in total. The van der Waals surface area contributed by atoms with Crippen LogP contribution in [-0.4, -0.2) is 34.2 Å². The van der Waals surface area contributed by atoms with Crippen molar-refractivity contribution in [3.63, 3.8) is 0 Å². The summed E-state index contributed by atoms with van der Waals surface area (Å²) in [6, 6.07) is 1.77. The lowest BCUT2D eigenvalue weighted by molar-refractivity contribution is -0.147. The van der Waals surface area contributed by atoms with E-state index in [1.54, 1.807) is 0 Å². The van der Waals surface area contributed by atoms with Crippen molar-refractivity contribution in [3.8, 4) is 0 Å². The van der Waals surface area contributed by atoms with Crippen molar-refractivity contribution in [2.24, 2.45) is 0 Å². The van der Waals surface area contributed by atoms with Crippen molar-refractivity contribution >= 4 is 11.9 Å². The summed E-state index contributed by atoms with van der Waals surface area (Å²) in [6.07, 6.45) is 10.8. The fraction of sp³-hybridized carbons (Fsp3) is 0.846. The predicted molar refractivity (Wildman–Crippen MR) is 67.5 cm³/mol. The normalized spacial score (nSPS) is 20.4.